The molecule has 1 saturated carbocycles. The molecule has 0 radical (unpaired) electrons. The lowest BCUT2D eigenvalue weighted by Crippen LogP contribution is -2.23. The molecule has 7 heteroatoms. The molecule has 2 heterocycles. The average molecular weight is 340 g/mol. The van der Waals surface area contributed by atoms with Crippen LogP contribution in [0.15, 0.2) is 30.5 Å². The van der Waals surface area contributed by atoms with E-state index in [2.05, 4.69) is 25.7 Å². The monoisotopic (exact) mass is 340 g/mol. The number of fused-ring (bicyclic) bond motifs is 1. The number of nitrogens with one attached hydrogen (secondary N) is 2. The molecule has 2 N–H and O–H groups in total. The quantitative estimate of drug-likeness (QED) is 0.752. The highest BCUT2D eigenvalue weighted by atomic mass is 19.1. The van der Waals surface area contributed by atoms with E-state index in [9.17, 15) is 4.39 Å². The number of aromatic nitrogens is 4. The van der Waals surface area contributed by atoms with Crippen LogP contribution in [0.5, 0.6) is 0 Å². The number of anilines is 3. The van der Waals surface area contributed by atoms with E-state index >= 15 is 0 Å². The first-order valence-corrected chi connectivity index (χ1v) is 8.68. The molecule has 1 aromatic carbocycles. The SMILES string of the molecule is Cn1ncc2c(Nc3ccc(F)cc3)nc(NC3CCCCC3)nc21. The van der Waals surface area contributed by atoms with Gasteiger partial charge in [0.05, 0.1) is 11.6 Å². The van der Waals surface area contributed by atoms with E-state index in [0.717, 1.165) is 29.6 Å². The number of hydrogen-bond donors (Lipinski definition) is 2. The lowest BCUT2D eigenvalue weighted by molar-refractivity contribution is 0.461. The van der Waals surface area contributed by atoms with Gasteiger partial charge < -0.3 is 10.6 Å². The second-order valence-electron chi connectivity index (χ2n) is 6.51. The van der Waals surface area contributed by atoms with E-state index in [1.807, 2.05) is 7.05 Å². The van der Waals surface area contributed by atoms with E-state index in [1.54, 1.807) is 23.0 Å². The molecule has 0 unspecified atom stereocenters. The van der Waals surface area contributed by atoms with Gasteiger partial charge in [-0.05, 0) is 37.1 Å². The fraction of sp³-hybridized carbons (Fsp3) is 0.389. The maximum Gasteiger partial charge on any atom is 0.226 e. The Morgan fingerprint density at radius 2 is 1.84 bits per heavy atom. The Balaban J connectivity index is 1.67. The molecule has 0 atom stereocenters. The Morgan fingerprint density at radius 3 is 2.60 bits per heavy atom. The molecular weight excluding hydrogens is 319 g/mol. The molecule has 3 aromatic rings. The Labute approximate surface area is 145 Å². The first-order valence-electron chi connectivity index (χ1n) is 8.68. The summed E-state index contributed by atoms with van der Waals surface area (Å²) in [6.07, 6.45) is 7.82. The zero-order valence-corrected chi connectivity index (χ0v) is 14.2. The minimum atomic E-state index is -0.264. The van der Waals surface area contributed by atoms with Crippen LogP contribution in [0.1, 0.15) is 32.1 Å². The molecule has 0 aliphatic heterocycles. The number of halogens is 1. The maximum absolute atomic E-state index is 13.1. The average Bonchev–Trinajstić information content (AvgIpc) is 2.99. The molecule has 0 spiro atoms. The third-order valence-corrected chi connectivity index (χ3v) is 4.64. The maximum atomic E-state index is 13.1. The number of benzene rings is 1. The molecule has 1 fully saturated rings. The summed E-state index contributed by atoms with van der Waals surface area (Å²) in [5, 5.41) is 11.8. The van der Waals surface area contributed by atoms with Crippen molar-refractivity contribution in [1.29, 1.82) is 0 Å². The number of nitrogens with zero attached hydrogens (tertiary/aromatic N) is 4. The van der Waals surface area contributed by atoms with Crippen molar-refractivity contribution in [2.24, 2.45) is 7.05 Å². The van der Waals surface area contributed by atoms with Crippen molar-refractivity contribution in [2.75, 3.05) is 10.6 Å². The van der Waals surface area contributed by atoms with Gasteiger partial charge in [-0.25, -0.2) is 4.39 Å². The van der Waals surface area contributed by atoms with Gasteiger partial charge in [0.1, 0.15) is 11.6 Å². The normalized spacial score (nSPS) is 15.4. The van der Waals surface area contributed by atoms with Crippen LogP contribution >= 0.6 is 0 Å². The highest BCUT2D eigenvalue weighted by Crippen LogP contribution is 2.26. The number of aryl methyl sites for hydroxylation is 1. The lowest BCUT2D eigenvalue weighted by Gasteiger charge is -2.23. The Morgan fingerprint density at radius 1 is 1.08 bits per heavy atom. The van der Waals surface area contributed by atoms with Crippen LogP contribution < -0.4 is 10.6 Å². The zero-order valence-electron chi connectivity index (χ0n) is 14.2. The van der Waals surface area contributed by atoms with Gasteiger partial charge in [-0.1, -0.05) is 19.3 Å². The standard InChI is InChI=1S/C18H21FN6/c1-25-17-15(11-20-25)16(21-14-9-7-12(19)8-10-14)23-18(24-17)22-13-5-3-2-4-6-13/h7-11,13H,2-6H2,1H3,(H2,21,22,23,24). The summed E-state index contributed by atoms with van der Waals surface area (Å²) >= 11 is 0. The van der Waals surface area contributed by atoms with Crippen LogP contribution in [0, 0.1) is 5.82 Å². The van der Waals surface area contributed by atoms with Crippen molar-refractivity contribution in [2.45, 2.75) is 38.1 Å². The van der Waals surface area contributed by atoms with E-state index in [1.165, 1.54) is 31.4 Å². The van der Waals surface area contributed by atoms with Crippen molar-refractivity contribution in [3.05, 3.63) is 36.3 Å². The predicted molar refractivity (Wildman–Crippen MR) is 96.5 cm³/mol. The first-order chi connectivity index (χ1) is 12.2. The molecule has 4 rings (SSSR count). The van der Waals surface area contributed by atoms with Gasteiger partial charge in [0, 0.05) is 18.8 Å². The Hall–Kier alpha value is -2.70. The molecule has 1 aliphatic carbocycles. The van der Waals surface area contributed by atoms with Gasteiger partial charge in [-0.2, -0.15) is 15.1 Å². The highest BCUT2D eigenvalue weighted by molar-refractivity contribution is 5.89. The molecule has 0 bridgehead atoms. The Kier molecular flexibility index (Phi) is 4.21. The third-order valence-electron chi connectivity index (χ3n) is 4.64. The van der Waals surface area contributed by atoms with E-state index in [4.69, 9.17) is 0 Å². The fourth-order valence-electron chi connectivity index (χ4n) is 3.28. The van der Waals surface area contributed by atoms with Crippen LogP contribution in [-0.4, -0.2) is 25.8 Å². The molecule has 130 valence electrons. The molecular formula is C18H21FN6. The molecule has 0 saturated heterocycles. The third kappa shape index (κ3) is 3.40. The molecule has 2 aromatic heterocycles. The summed E-state index contributed by atoms with van der Waals surface area (Å²) in [6.45, 7) is 0. The molecule has 25 heavy (non-hydrogen) atoms. The highest BCUT2D eigenvalue weighted by Gasteiger charge is 2.17. The Bertz CT molecular complexity index is 867. The fourth-order valence-corrected chi connectivity index (χ4v) is 3.28. The van der Waals surface area contributed by atoms with Gasteiger partial charge in [-0.3, -0.25) is 4.68 Å². The van der Waals surface area contributed by atoms with Crippen molar-refractivity contribution in [3.8, 4) is 0 Å². The van der Waals surface area contributed by atoms with Crippen molar-refractivity contribution < 1.29 is 4.39 Å². The van der Waals surface area contributed by atoms with Crippen molar-refractivity contribution in [3.63, 3.8) is 0 Å². The van der Waals surface area contributed by atoms with Gasteiger partial charge in [0.25, 0.3) is 0 Å². The van der Waals surface area contributed by atoms with Crippen LogP contribution in [0.25, 0.3) is 11.0 Å². The summed E-state index contributed by atoms with van der Waals surface area (Å²) in [5.74, 6) is 1.01. The second kappa shape index (κ2) is 6.66. The topological polar surface area (TPSA) is 67.7 Å². The van der Waals surface area contributed by atoms with Crippen LogP contribution in [0.3, 0.4) is 0 Å². The van der Waals surface area contributed by atoms with Gasteiger partial charge in [0.15, 0.2) is 5.65 Å². The smallest absolute Gasteiger partial charge is 0.226 e. The molecule has 6 nitrogen and oxygen atoms in total. The summed E-state index contributed by atoms with van der Waals surface area (Å²) < 4.78 is 14.9. The first kappa shape index (κ1) is 15.8. The van der Waals surface area contributed by atoms with Gasteiger partial charge in [-0.15, -0.1) is 0 Å². The van der Waals surface area contributed by atoms with Gasteiger partial charge in [0.2, 0.25) is 5.95 Å². The van der Waals surface area contributed by atoms with E-state index in [-0.39, 0.29) is 5.82 Å². The van der Waals surface area contributed by atoms with Gasteiger partial charge >= 0.3 is 0 Å². The van der Waals surface area contributed by atoms with Crippen molar-refractivity contribution in [1.82, 2.24) is 19.7 Å². The largest absolute Gasteiger partial charge is 0.351 e. The van der Waals surface area contributed by atoms with Crippen LogP contribution in [0.4, 0.5) is 21.8 Å². The number of rotatable bonds is 4. The van der Waals surface area contributed by atoms with E-state index < -0.39 is 0 Å². The summed E-state index contributed by atoms with van der Waals surface area (Å²) in [4.78, 5) is 9.27. The minimum Gasteiger partial charge on any atom is -0.351 e. The number of hydrogen-bond acceptors (Lipinski definition) is 5. The zero-order chi connectivity index (χ0) is 17.2. The lowest BCUT2D eigenvalue weighted by atomic mass is 9.96. The predicted octanol–water partition coefficient (Wildman–Crippen LogP) is 3.99. The molecule has 1 aliphatic rings. The second-order valence-corrected chi connectivity index (χ2v) is 6.51. The van der Waals surface area contributed by atoms with Crippen LogP contribution in [0.2, 0.25) is 0 Å². The minimum absolute atomic E-state index is 0.264. The summed E-state index contributed by atoms with van der Waals surface area (Å²) in [7, 11) is 1.86. The summed E-state index contributed by atoms with van der Waals surface area (Å²) in [5.41, 5.74) is 1.53. The van der Waals surface area contributed by atoms with Crippen molar-refractivity contribution >= 4 is 28.5 Å². The van der Waals surface area contributed by atoms with Crippen LogP contribution in [-0.2, 0) is 7.05 Å². The van der Waals surface area contributed by atoms with E-state index in [0.29, 0.717) is 17.8 Å². The summed E-state index contributed by atoms with van der Waals surface area (Å²) in [6, 6.07) is 6.64. The molecule has 0 amide bonds.